The van der Waals surface area contributed by atoms with Gasteiger partial charge in [-0.05, 0) is 31.1 Å². The Hall–Kier alpha value is -0.530. The molecule has 1 unspecified atom stereocenters. The number of carbonyl (C=O) groups excluding carboxylic acids is 1. The predicted octanol–water partition coefficient (Wildman–Crippen LogP) is 1.99. The molecule has 0 aliphatic heterocycles. The van der Waals surface area contributed by atoms with Crippen molar-refractivity contribution in [1.29, 1.82) is 0 Å². The second kappa shape index (κ2) is 3.08. The summed E-state index contributed by atoms with van der Waals surface area (Å²) in [5.74, 6) is 1.73. The number of carbonyl (C=O) groups is 1. The Morgan fingerprint density at radius 3 is 2.33 bits per heavy atom. The van der Waals surface area contributed by atoms with Gasteiger partial charge < -0.3 is 4.74 Å². The molecule has 2 bridgehead atoms. The van der Waals surface area contributed by atoms with Crippen LogP contribution in [0.25, 0.3) is 0 Å². The van der Waals surface area contributed by atoms with Crippen molar-refractivity contribution in [2.75, 3.05) is 7.11 Å². The molecule has 2 nitrogen and oxygen atoms in total. The third kappa shape index (κ3) is 1.23. The lowest BCUT2D eigenvalue weighted by Crippen LogP contribution is -2.36. The molecule has 0 amide bonds. The highest BCUT2D eigenvalue weighted by Gasteiger charge is 2.39. The Morgan fingerprint density at radius 2 is 1.92 bits per heavy atom. The molecule has 3 aliphatic carbocycles. The highest BCUT2D eigenvalue weighted by molar-refractivity contribution is 5.72. The van der Waals surface area contributed by atoms with Gasteiger partial charge in [-0.25, -0.2) is 0 Å². The minimum absolute atomic E-state index is 0.0319. The van der Waals surface area contributed by atoms with Crippen molar-refractivity contribution in [3.63, 3.8) is 0 Å². The summed E-state index contributed by atoms with van der Waals surface area (Å²) in [4.78, 5) is 11.3. The predicted molar refractivity (Wildman–Crippen MR) is 45.6 cm³/mol. The van der Waals surface area contributed by atoms with Gasteiger partial charge >= 0.3 is 5.97 Å². The lowest BCUT2D eigenvalue weighted by atomic mass is 9.65. The molecule has 3 aliphatic rings. The zero-order valence-corrected chi connectivity index (χ0v) is 7.58. The summed E-state index contributed by atoms with van der Waals surface area (Å²) in [6.07, 6.45) is 6.29. The molecule has 2 heteroatoms. The van der Waals surface area contributed by atoms with Gasteiger partial charge in [0.25, 0.3) is 0 Å². The van der Waals surface area contributed by atoms with Gasteiger partial charge in [-0.15, -0.1) is 0 Å². The molecule has 12 heavy (non-hydrogen) atoms. The molecule has 3 saturated carbocycles. The topological polar surface area (TPSA) is 26.3 Å². The molecule has 0 N–H and O–H groups in total. The van der Waals surface area contributed by atoms with E-state index in [0.717, 1.165) is 12.3 Å². The highest BCUT2D eigenvalue weighted by Crippen LogP contribution is 2.45. The van der Waals surface area contributed by atoms with Gasteiger partial charge in [0, 0.05) is 0 Å². The van der Waals surface area contributed by atoms with Gasteiger partial charge in [-0.3, -0.25) is 4.79 Å². The first kappa shape index (κ1) is 8.09. The van der Waals surface area contributed by atoms with Crippen LogP contribution < -0.4 is 0 Å². The molecule has 3 rings (SSSR count). The van der Waals surface area contributed by atoms with Crippen LogP contribution in [0.3, 0.4) is 0 Å². The van der Waals surface area contributed by atoms with Crippen LogP contribution in [0.4, 0.5) is 0 Å². The number of esters is 1. The average molecular weight is 168 g/mol. The van der Waals surface area contributed by atoms with Crippen molar-refractivity contribution in [3.8, 4) is 0 Å². The molecule has 68 valence electrons. The van der Waals surface area contributed by atoms with Crippen molar-refractivity contribution < 1.29 is 9.53 Å². The molecular formula is C10H16O2. The standard InChI is InChI=1S/C10H16O2/c1-12-10(11)9-6-7-2-4-8(9)5-3-7/h7-9H,2-6H2,1H3. The van der Waals surface area contributed by atoms with Crippen LogP contribution in [0.1, 0.15) is 32.1 Å². The Bertz CT molecular complexity index is 180. The quantitative estimate of drug-likeness (QED) is 0.560. The smallest absolute Gasteiger partial charge is 0.308 e. The normalized spacial score (nSPS) is 39.6. The fraction of sp³-hybridized carbons (Fsp3) is 0.900. The van der Waals surface area contributed by atoms with Crippen molar-refractivity contribution >= 4 is 5.97 Å². The molecule has 0 radical (unpaired) electrons. The third-order valence-corrected chi connectivity index (χ3v) is 3.55. The second-order valence-electron chi connectivity index (χ2n) is 4.15. The van der Waals surface area contributed by atoms with Crippen LogP contribution in [0.5, 0.6) is 0 Å². The zero-order chi connectivity index (χ0) is 8.55. The van der Waals surface area contributed by atoms with Crippen LogP contribution in [0.15, 0.2) is 0 Å². The van der Waals surface area contributed by atoms with Crippen molar-refractivity contribution in [2.45, 2.75) is 32.1 Å². The summed E-state index contributed by atoms with van der Waals surface area (Å²) >= 11 is 0. The summed E-state index contributed by atoms with van der Waals surface area (Å²) in [6, 6.07) is 0. The maximum absolute atomic E-state index is 11.3. The Balaban J connectivity index is 2.03. The Kier molecular flexibility index (Phi) is 2.07. The second-order valence-corrected chi connectivity index (χ2v) is 4.15. The number of hydrogen-bond acceptors (Lipinski definition) is 2. The van der Waals surface area contributed by atoms with Gasteiger partial charge in [-0.1, -0.05) is 12.8 Å². The van der Waals surface area contributed by atoms with Gasteiger partial charge in [0.05, 0.1) is 13.0 Å². The number of ether oxygens (including phenoxy) is 1. The number of rotatable bonds is 1. The van der Waals surface area contributed by atoms with Crippen molar-refractivity contribution in [2.24, 2.45) is 17.8 Å². The summed E-state index contributed by atoms with van der Waals surface area (Å²) in [7, 11) is 1.50. The van der Waals surface area contributed by atoms with Crippen molar-refractivity contribution in [3.05, 3.63) is 0 Å². The van der Waals surface area contributed by atoms with Crippen LogP contribution in [0, 0.1) is 17.8 Å². The largest absolute Gasteiger partial charge is 0.469 e. The maximum Gasteiger partial charge on any atom is 0.308 e. The monoisotopic (exact) mass is 168 g/mol. The number of methoxy groups -OCH3 is 1. The lowest BCUT2D eigenvalue weighted by molar-refractivity contribution is -0.151. The lowest BCUT2D eigenvalue weighted by Gasteiger charge is -2.40. The summed E-state index contributed by atoms with van der Waals surface area (Å²) in [6.45, 7) is 0. The van der Waals surface area contributed by atoms with E-state index in [0.29, 0.717) is 5.92 Å². The molecule has 0 aromatic carbocycles. The van der Waals surface area contributed by atoms with Crippen molar-refractivity contribution in [1.82, 2.24) is 0 Å². The molecule has 1 atom stereocenters. The van der Waals surface area contributed by atoms with Gasteiger partial charge in [0.1, 0.15) is 0 Å². The van der Waals surface area contributed by atoms with Gasteiger partial charge in [0.15, 0.2) is 0 Å². The first-order valence-electron chi connectivity index (χ1n) is 4.89. The van der Waals surface area contributed by atoms with E-state index >= 15 is 0 Å². The van der Waals surface area contributed by atoms with E-state index in [1.54, 1.807) is 0 Å². The molecule has 0 spiro atoms. The first-order valence-corrected chi connectivity index (χ1v) is 4.89. The Morgan fingerprint density at radius 1 is 1.25 bits per heavy atom. The van der Waals surface area contributed by atoms with E-state index in [-0.39, 0.29) is 11.9 Å². The minimum Gasteiger partial charge on any atom is -0.469 e. The number of fused-ring (bicyclic) bond motifs is 3. The molecule has 0 heterocycles. The van der Waals surface area contributed by atoms with E-state index in [9.17, 15) is 4.79 Å². The summed E-state index contributed by atoms with van der Waals surface area (Å²) in [5, 5.41) is 0. The fourth-order valence-corrected chi connectivity index (χ4v) is 2.82. The molecule has 0 saturated heterocycles. The average Bonchev–Trinajstić information content (AvgIpc) is 2.18. The van der Waals surface area contributed by atoms with Gasteiger partial charge in [-0.2, -0.15) is 0 Å². The van der Waals surface area contributed by atoms with E-state index in [2.05, 4.69) is 0 Å². The van der Waals surface area contributed by atoms with Crippen LogP contribution in [-0.2, 0) is 9.53 Å². The minimum atomic E-state index is 0.0319. The third-order valence-electron chi connectivity index (χ3n) is 3.55. The van der Waals surface area contributed by atoms with E-state index in [1.807, 2.05) is 0 Å². The van der Waals surface area contributed by atoms with Gasteiger partial charge in [0.2, 0.25) is 0 Å². The molecule has 0 aromatic heterocycles. The first-order chi connectivity index (χ1) is 5.81. The zero-order valence-electron chi connectivity index (χ0n) is 7.58. The summed E-state index contributed by atoms with van der Waals surface area (Å²) in [5.41, 5.74) is 0. The van der Waals surface area contributed by atoms with Crippen LogP contribution >= 0.6 is 0 Å². The van der Waals surface area contributed by atoms with E-state index in [1.165, 1.54) is 32.8 Å². The highest BCUT2D eigenvalue weighted by atomic mass is 16.5. The summed E-state index contributed by atoms with van der Waals surface area (Å²) < 4.78 is 4.80. The fourth-order valence-electron chi connectivity index (χ4n) is 2.82. The van der Waals surface area contributed by atoms with Crippen LogP contribution in [0.2, 0.25) is 0 Å². The molecular weight excluding hydrogens is 152 g/mol. The SMILES string of the molecule is COC(=O)C1CC2CCC1CC2. The number of hydrogen-bond donors (Lipinski definition) is 0. The maximum atomic E-state index is 11.3. The molecule has 3 fully saturated rings. The van der Waals surface area contributed by atoms with Crippen LogP contribution in [-0.4, -0.2) is 13.1 Å². The van der Waals surface area contributed by atoms with E-state index < -0.39 is 0 Å². The molecule has 0 aromatic rings. The Labute approximate surface area is 73.3 Å². The van der Waals surface area contributed by atoms with E-state index in [4.69, 9.17) is 4.74 Å².